The quantitative estimate of drug-likeness (QED) is 0.631. The maximum Gasteiger partial charge on any atom is 0.308 e. The van der Waals surface area contributed by atoms with E-state index in [1.54, 1.807) is 0 Å². The number of ether oxygens (including phenoxy) is 2. The van der Waals surface area contributed by atoms with E-state index >= 15 is 0 Å². The lowest BCUT2D eigenvalue weighted by Gasteiger charge is -2.31. The molecule has 0 unspecified atom stereocenters. The number of rotatable bonds is 9. The second-order valence-electron chi connectivity index (χ2n) is 8.07. The molecule has 2 aliphatic rings. The first-order valence-electron chi connectivity index (χ1n) is 10.6. The summed E-state index contributed by atoms with van der Waals surface area (Å²) in [5.74, 6) is 0.676. The highest BCUT2D eigenvalue weighted by molar-refractivity contribution is 5.72. The van der Waals surface area contributed by atoms with Crippen LogP contribution >= 0.6 is 0 Å². The first kappa shape index (κ1) is 21.1. The van der Waals surface area contributed by atoms with Crippen LogP contribution in [0, 0.1) is 5.92 Å². The van der Waals surface area contributed by atoms with Crippen molar-refractivity contribution in [3.63, 3.8) is 0 Å². The summed E-state index contributed by atoms with van der Waals surface area (Å²) in [6.07, 6.45) is 6.25. The van der Waals surface area contributed by atoms with Gasteiger partial charge in [-0.2, -0.15) is 0 Å². The van der Waals surface area contributed by atoms with E-state index in [4.69, 9.17) is 9.47 Å². The van der Waals surface area contributed by atoms with Crippen LogP contribution in [0.3, 0.4) is 0 Å². The highest BCUT2D eigenvalue weighted by Gasteiger charge is 2.26. The van der Waals surface area contributed by atoms with Crippen LogP contribution in [0.5, 0.6) is 5.75 Å². The highest BCUT2D eigenvalue weighted by atomic mass is 16.5. The number of hydrogen-bond donors (Lipinski definition) is 2. The number of likely N-dealkylation sites (tertiary alicyclic amines) is 1. The van der Waals surface area contributed by atoms with Crippen molar-refractivity contribution >= 4 is 5.97 Å². The number of esters is 1. The Balaban J connectivity index is 1.36. The van der Waals surface area contributed by atoms with Gasteiger partial charge < -0.3 is 24.8 Å². The SMILES string of the molecule is COC(=O)C1CCN(C[C@@H](O)COc2cccc(CNC3CCCC3)c2)CC1. The van der Waals surface area contributed by atoms with Crippen molar-refractivity contribution in [3.8, 4) is 5.75 Å². The van der Waals surface area contributed by atoms with Crippen molar-refractivity contribution < 1.29 is 19.4 Å². The van der Waals surface area contributed by atoms with E-state index in [1.165, 1.54) is 38.4 Å². The maximum atomic E-state index is 11.6. The predicted octanol–water partition coefficient (Wildman–Crippen LogP) is 2.34. The molecule has 6 nitrogen and oxygen atoms in total. The summed E-state index contributed by atoms with van der Waals surface area (Å²) in [4.78, 5) is 13.8. The van der Waals surface area contributed by atoms with E-state index in [0.717, 1.165) is 38.2 Å². The molecule has 0 amide bonds. The first-order chi connectivity index (χ1) is 13.6. The highest BCUT2D eigenvalue weighted by Crippen LogP contribution is 2.20. The van der Waals surface area contributed by atoms with Gasteiger partial charge in [0.15, 0.2) is 0 Å². The standard InChI is InChI=1S/C22H34N2O4/c1-27-22(26)18-9-11-24(12-10-18)15-20(25)16-28-21-8-4-5-17(13-21)14-23-19-6-2-3-7-19/h4-5,8,13,18-20,23,25H,2-3,6-7,9-12,14-16H2,1H3/t20-/m1/s1. The monoisotopic (exact) mass is 390 g/mol. The number of piperidine rings is 1. The maximum absolute atomic E-state index is 11.6. The minimum Gasteiger partial charge on any atom is -0.491 e. The third-order valence-electron chi connectivity index (χ3n) is 5.88. The van der Waals surface area contributed by atoms with Gasteiger partial charge in [0, 0.05) is 19.1 Å². The summed E-state index contributed by atoms with van der Waals surface area (Å²) in [7, 11) is 1.44. The molecule has 0 bridgehead atoms. The molecule has 0 spiro atoms. The minimum atomic E-state index is -0.546. The predicted molar refractivity (Wildman–Crippen MR) is 108 cm³/mol. The largest absolute Gasteiger partial charge is 0.491 e. The molecule has 1 aliphatic carbocycles. The fourth-order valence-electron chi connectivity index (χ4n) is 4.20. The molecule has 1 saturated heterocycles. The molecule has 1 aromatic rings. The van der Waals surface area contributed by atoms with E-state index in [0.29, 0.717) is 12.6 Å². The smallest absolute Gasteiger partial charge is 0.308 e. The van der Waals surface area contributed by atoms with Crippen LogP contribution in [-0.4, -0.2) is 61.5 Å². The summed E-state index contributed by atoms with van der Waals surface area (Å²) in [5.41, 5.74) is 1.21. The summed E-state index contributed by atoms with van der Waals surface area (Å²) >= 11 is 0. The van der Waals surface area contributed by atoms with E-state index in [-0.39, 0.29) is 18.5 Å². The molecular weight excluding hydrogens is 356 g/mol. The molecule has 156 valence electrons. The van der Waals surface area contributed by atoms with Gasteiger partial charge in [-0.25, -0.2) is 0 Å². The minimum absolute atomic E-state index is 0.00442. The number of nitrogens with zero attached hydrogens (tertiary/aromatic N) is 1. The molecule has 1 atom stereocenters. The van der Waals surface area contributed by atoms with Crippen molar-refractivity contribution in [2.75, 3.05) is 33.4 Å². The fourth-order valence-corrected chi connectivity index (χ4v) is 4.20. The molecule has 0 radical (unpaired) electrons. The van der Waals surface area contributed by atoms with Crippen LogP contribution in [0.15, 0.2) is 24.3 Å². The average molecular weight is 391 g/mol. The third kappa shape index (κ3) is 6.47. The molecule has 1 aromatic carbocycles. The lowest BCUT2D eigenvalue weighted by atomic mass is 9.97. The zero-order chi connectivity index (χ0) is 19.8. The average Bonchev–Trinajstić information content (AvgIpc) is 3.25. The number of aliphatic hydroxyl groups excluding tert-OH is 1. The fraction of sp³-hybridized carbons (Fsp3) is 0.682. The number of carbonyl (C=O) groups excluding carboxylic acids is 1. The van der Waals surface area contributed by atoms with Gasteiger partial charge in [0.05, 0.1) is 13.0 Å². The van der Waals surface area contributed by atoms with Crippen molar-refractivity contribution in [2.24, 2.45) is 5.92 Å². The van der Waals surface area contributed by atoms with Gasteiger partial charge in [0.25, 0.3) is 0 Å². The van der Waals surface area contributed by atoms with E-state index in [2.05, 4.69) is 22.3 Å². The van der Waals surface area contributed by atoms with Crippen LogP contribution < -0.4 is 10.1 Å². The Bertz CT molecular complexity index is 610. The van der Waals surface area contributed by atoms with Crippen LogP contribution in [0.4, 0.5) is 0 Å². The second-order valence-corrected chi connectivity index (χ2v) is 8.07. The Hall–Kier alpha value is -1.63. The van der Waals surface area contributed by atoms with Crippen molar-refractivity contribution in [2.45, 2.75) is 57.2 Å². The Morgan fingerprint density at radius 1 is 1.25 bits per heavy atom. The van der Waals surface area contributed by atoms with Gasteiger partial charge in [0.2, 0.25) is 0 Å². The second kappa shape index (κ2) is 10.8. The van der Waals surface area contributed by atoms with Crippen molar-refractivity contribution in [1.29, 1.82) is 0 Å². The van der Waals surface area contributed by atoms with E-state index in [1.807, 2.05) is 12.1 Å². The molecule has 2 N–H and O–H groups in total. The van der Waals surface area contributed by atoms with E-state index < -0.39 is 6.10 Å². The van der Waals surface area contributed by atoms with Crippen LogP contribution in [0.25, 0.3) is 0 Å². The molecule has 1 aliphatic heterocycles. The summed E-state index contributed by atoms with van der Waals surface area (Å²) in [6, 6.07) is 8.75. The van der Waals surface area contributed by atoms with E-state index in [9.17, 15) is 9.90 Å². The Morgan fingerprint density at radius 3 is 2.71 bits per heavy atom. The number of aliphatic hydroxyl groups is 1. The molecule has 28 heavy (non-hydrogen) atoms. The Labute approximate surface area is 168 Å². The number of carbonyl (C=O) groups is 1. The number of nitrogens with one attached hydrogen (secondary N) is 1. The van der Waals surface area contributed by atoms with Crippen LogP contribution in [0.2, 0.25) is 0 Å². The van der Waals surface area contributed by atoms with Crippen LogP contribution in [-0.2, 0) is 16.1 Å². The lowest BCUT2D eigenvalue weighted by Crippen LogP contribution is -2.42. The molecule has 3 rings (SSSR count). The summed E-state index contributed by atoms with van der Waals surface area (Å²) < 4.78 is 10.6. The Morgan fingerprint density at radius 2 is 2.00 bits per heavy atom. The van der Waals surface area contributed by atoms with Gasteiger partial charge in [-0.15, -0.1) is 0 Å². The molecule has 1 heterocycles. The summed E-state index contributed by atoms with van der Waals surface area (Å²) in [5, 5.41) is 13.9. The zero-order valence-corrected chi connectivity index (χ0v) is 16.9. The summed E-state index contributed by atoms with van der Waals surface area (Å²) in [6.45, 7) is 3.31. The van der Waals surface area contributed by atoms with Gasteiger partial charge >= 0.3 is 5.97 Å². The molecule has 6 heteroatoms. The van der Waals surface area contributed by atoms with Crippen LogP contribution in [0.1, 0.15) is 44.1 Å². The normalized spacial score (nSPS) is 20.2. The molecule has 1 saturated carbocycles. The molecule has 0 aromatic heterocycles. The molecule has 2 fully saturated rings. The number of benzene rings is 1. The first-order valence-corrected chi connectivity index (χ1v) is 10.6. The van der Waals surface area contributed by atoms with Gasteiger partial charge in [-0.05, 0) is 56.5 Å². The van der Waals surface area contributed by atoms with Gasteiger partial charge in [-0.1, -0.05) is 25.0 Å². The van der Waals surface area contributed by atoms with Crippen molar-refractivity contribution in [3.05, 3.63) is 29.8 Å². The molecular formula is C22H34N2O4. The number of β-amino-alcohol motifs (C(OH)–C–C–N with tert-alkyl or cyclic N) is 1. The zero-order valence-electron chi connectivity index (χ0n) is 16.9. The van der Waals surface area contributed by atoms with Crippen molar-refractivity contribution in [1.82, 2.24) is 10.2 Å². The lowest BCUT2D eigenvalue weighted by molar-refractivity contribution is -0.147. The topological polar surface area (TPSA) is 71.0 Å². The van der Waals surface area contributed by atoms with Gasteiger partial charge in [0.1, 0.15) is 18.5 Å². The third-order valence-corrected chi connectivity index (χ3v) is 5.88. The number of hydrogen-bond acceptors (Lipinski definition) is 6. The Kier molecular flexibility index (Phi) is 8.13. The van der Waals surface area contributed by atoms with Gasteiger partial charge in [-0.3, -0.25) is 4.79 Å². The number of methoxy groups -OCH3 is 1.